The third kappa shape index (κ3) is 4.14. The third-order valence-electron chi connectivity index (χ3n) is 5.94. The van der Waals surface area contributed by atoms with Gasteiger partial charge < -0.3 is 20.9 Å². The van der Waals surface area contributed by atoms with E-state index in [2.05, 4.69) is 5.32 Å². The van der Waals surface area contributed by atoms with Gasteiger partial charge in [0.1, 0.15) is 28.6 Å². The normalized spacial score (nSPS) is 17.3. The van der Waals surface area contributed by atoms with Crippen molar-refractivity contribution in [2.75, 3.05) is 11.9 Å². The van der Waals surface area contributed by atoms with Crippen molar-refractivity contribution in [2.45, 2.75) is 38.8 Å². The van der Waals surface area contributed by atoms with Gasteiger partial charge in [0.15, 0.2) is 0 Å². The molecule has 0 fully saturated rings. The number of carbonyl (C=O) groups is 1. The van der Waals surface area contributed by atoms with Gasteiger partial charge in [-0.2, -0.15) is 5.10 Å². The number of carbonyl (C=O) groups excluding carboxylic acids is 1. The number of hydrogen-bond acceptors (Lipinski definition) is 5. The molecule has 7 heteroatoms. The molecule has 7 nitrogen and oxygen atoms in total. The van der Waals surface area contributed by atoms with E-state index in [0.717, 1.165) is 17.7 Å². The van der Waals surface area contributed by atoms with E-state index in [0.29, 0.717) is 35.8 Å². The molecular weight excluding hydrogens is 392 g/mol. The van der Waals surface area contributed by atoms with Gasteiger partial charge in [-0.15, -0.1) is 0 Å². The average molecular weight is 421 g/mol. The smallest absolute Gasteiger partial charge is 0.254 e. The fourth-order valence-corrected chi connectivity index (χ4v) is 4.16. The maximum absolute atomic E-state index is 12.4. The van der Waals surface area contributed by atoms with Crippen LogP contribution in [0, 0.1) is 5.92 Å². The number of hydrogen-bond donors (Lipinski definition) is 3. The van der Waals surface area contributed by atoms with Gasteiger partial charge in [0.25, 0.3) is 5.91 Å². The molecule has 4 rings (SSSR count). The lowest BCUT2D eigenvalue weighted by Gasteiger charge is -2.32. The number of ether oxygens (including phenoxy) is 1. The van der Waals surface area contributed by atoms with Gasteiger partial charge in [0.05, 0.1) is 12.1 Å². The van der Waals surface area contributed by atoms with Crippen molar-refractivity contribution in [3.8, 4) is 22.8 Å². The van der Waals surface area contributed by atoms with Crippen LogP contribution in [0.15, 0.2) is 54.6 Å². The van der Waals surface area contributed by atoms with Crippen LogP contribution in [0.1, 0.15) is 43.1 Å². The number of aliphatic hydroxyl groups is 1. The lowest BCUT2D eigenvalue weighted by Crippen LogP contribution is -2.34. The van der Waals surface area contributed by atoms with Crippen LogP contribution in [0.3, 0.4) is 0 Å². The summed E-state index contributed by atoms with van der Waals surface area (Å²) < 4.78 is 7.69. The highest BCUT2D eigenvalue weighted by molar-refractivity contribution is 6.03. The Labute approximate surface area is 181 Å². The summed E-state index contributed by atoms with van der Waals surface area (Å²) in [4.78, 5) is 12.4. The quantitative estimate of drug-likeness (QED) is 0.531. The van der Waals surface area contributed by atoms with E-state index in [1.807, 2.05) is 73.1 Å². The summed E-state index contributed by atoms with van der Waals surface area (Å²) in [7, 11) is 0. The summed E-state index contributed by atoms with van der Waals surface area (Å²) in [6, 6.07) is 17.0. The minimum absolute atomic E-state index is 0.000903. The summed E-state index contributed by atoms with van der Waals surface area (Å²) in [5.41, 5.74) is 7.44. The SMILES string of the molecule is CCC(O)C(C)C1CCNc2c(C(N)=O)c(-c3ccc(Oc4ccccc4)cc3)nn21. The number of aromatic nitrogens is 2. The molecular formula is C24H28N4O3. The Hall–Kier alpha value is -3.32. The minimum Gasteiger partial charge on any atom is -0.457 e. The van der Waals surface area contributed by atoms with E-state index in [-0.39, 0.29) is 12.0 Å². The molecule has 3 unspecified atom stereocenters. The maximum Gasteiger partial charge on any atom is 0.254 e. The monoisotopic (exact) mass is 420 g/mol. The molecule has 31 heavy (non-hydrogen) atoms. The highest BCUT2D eigenvalue weighted by Gasteiger charge is 2.34. The molecule has 0 bridgehead atoms. The molecule has 1 aliphatic rings. The van der Waals surface area contributed by atoms with Crippen molar-refractivity contribution in [1.82, 2.24) is 9.78 Å². The molecule has 2 aromatic carbocycles. The van der Waals surface area contributed by atoms with Crippen molar-refractivity contribution in [2.24, 2.45) is 11.7 Å². The van der Waals surface area contributed by atoms with Gasteiger partial charge in [0, 0.05) is 18.0 Å². The molecule has 1 amide bonds. The second-order valence-corrected chi connectivity index (χ2v) is 7.94. The van der Waals surface area contributed by atoms with Crippen LogP contribution < -0.4 is 15.8 Å². The lowest BCUT2D eigenvalue weighted by atomic mass is 9.91. The zero-order valence-electron chi connectivity index (χ0n) is 17.8. The van der Waals surface area contributed by atoms with E-state index in [1.165, 1.54) is 0 Å². The summed E-state index contributed by atoms with van der Waals surface area (Å²) in [6.45, 7) is 4.68. The predicted octanol–water partition coefficient (Wildman–Crippen LogP) is 4.21. The van der Waals surface area contributed by atoms with Crippen LogP contribution in [0.5, 0.6) is 11.5 Å². The number of amides is 1. The number of nitrogens with one attached hydrogen (secondary N) is 1. The molecule has 4 N–H and O–H groups in total. The fourth-order valence-electron chi connectivity index (χ4n) is 4.16. The Morgan fingerprint density at radius 2 is 1.90 bits per heavy atom. The van der Waals surface area contributed by atoms with E-state index in [4.69, 9.17) is 15.6 Å². The van der Waals surface area contributed by atoms with Crippen molar-refractivity contribution in [3.05, 3.63) is 60.2 Å². The number of para-hydroxylation sites is 1. The summed E-state index contributed by atoms with van der Waals surface area (Å²) in [5, 5.41) is 18.4. The Morgan fingerprint density at radius 1 is 1.23 bits per heavy atom. The number of fused-ring (bicyclic) bond motifs is 1. The first-order chi connectivity index (χ1) is 15.0. The predicted molar refractivity (Wildman–Crippen MR) is 120 cm³/mol. The van der Waals surface area contributed by atoms with Crippen LogP contribution in [0.4, 0.5) is 5.82 Å². The standard InChI is InChI=1S/C24H28N4O3/c1-3-20(29)15(2)19-13-14-26-24-21(23(25)30)22(27-28(19)24)16-9-11-18(12-10-16)31-17-7-5-4-6-8-17/h4-12,15,19-20,26,29H,3,13-14H2,1-2H3,(H2,25,30). The number of nitrogens with two attached hydrogens (primary N) is 1. The zero-order valence-corrected chi connectivity index (χ0v) is 17.8. The molecule has 0 aliphatic carbocycles. The molecule has 0 saturated heterocycles. The highest BCUT2D eigenvalue weighted by atomic mass is 16.5. The van der Waals surface area contributed by atoms with E-state index in [1.54, 1.807) is 0 Å². The van der Waals surface area contributed by atoms with Crippen LogP contribution in [-0.2, 0) is 0 Å². The average Bonchev–Trinajstić information content (AvgIpc) is 3.19. The molecule has 0 spiro atoms. The van der Waals surface area contributed by atoms with E-state index >= 15 is 0 Å². The maximum atomic E-state index is 12.4. The number of rotatable bonds is 7. The summed E-state index contributed by atoms with van der Waals surface area (Å²) in [5.74, 6) is 1.54. The van der Waals surface area contributed by atoms with Gasteiger partial charge in [0.2, 0.25) is 0 Å². The van der Waals surface area contributed by atoms with Crippen molar-refractivity contribution in [3.63, 3.8) is 0 Å². The van der Waals surface area contributed by atoms with E-state index < -0.39 is 12.0 Å². The second-order valence-electron chi connectivity index (χ2n) is 7.94. The number of primary amides is 1. The topological polar surface area (TPSA) is 102 Å². The Kier molecular flexibility index (Phi) is 5.95. The zero-order chi connectivity index (χ0) is 22.0. The minimum atomic E-state index is -0.530. The molecule has 3 aromatic rings. The van der Waals surface area contributed by atoms with Crippen LogP contribution in [0.25, 0.3) is 11.3 Å². The van der Waals surface area contributed by atoms with Gasteiger partial charge in [-0.1, -0.05) is 32.0 Å². The Bertz CT molecular complexity index is 1050. The molecule has 0 radical (unpaired) electrons. The van der Waals surface area contributed by atoms with Crippen LogP contribution >= 0.6 is 0 Å². The van der Waals surface area contributed by atoms with Gasteiger partial charge in [-0.25, -0.2) is 4.68 Å². The Balaban J connectivity index is 1.69. The first-order valence-electron chi connectivity index (χ1n) is 10.7. The summed E-state index contributed by atoms with van der Waals surface area (Å²) in [6.07, 6.45) is 1.05. The van der Waals surface area contributed by atoms with Crippen molar-refractivity contribution >= 4 is 11.7 Å². The van der Waals surface area contributed by atoms with Crippen molar-refractivity contribution < 1.29 is 14.6 Å². The molecule has 0 saturated carbocycles. The first-order valence-corrected chi connectivity index (χ1v) is 10.7. The first kappa shape index (κ1) is 20.9. The fraction of sp³-hybridized carbons (Fsp3) is 0.333. The molecule has 162 valence electrons. The molecule has 1 aliphatic heterocycles. The number of nitrogens with zero attached hydrogens (tertiary/aromatic N) is 2. The van der Waals surface area contributed by atoms with Crippen molar-refractivity contribution in [1.29, 1.82) is 0 Å². The summed E-state index contributed by atoms with van der Waals surface area (Å²) >= 11 is 0. The Morgan fingerprint density at radius 3 is 2.55 bits per heavy atom. The van der Waals surface area contributed by atoms with Gasteiger partial charge in [-0.05, 0) is 49.2 Å². The largest absolute Gasteiger partial charge is 0.457 e. The van der Waals surface area contributed by atoms with Gasteiger partial charge >= 0.3 is 0 Å². The molecule has 1 aromatic heterocycles. The van der Waals surface area contributed by atoms with Gasteiger partial charge in [-0.3, -0.25) is 4.79 Å². The van der Waals surface area contributed by atoms with Crippen LogP contribution in [0.2, 0.25) is 0 Å². The molecule has 2 heterocycles. The number of anilines is 1. The molecule has 3 atom stereocenters. The third-order valence-corrected chi connectivity index (χ3v) is 5.94. The number of benzene rings is 2. The number of aliphatic hydroxyl groups excluding tert-OH is 1. The lowest BCUT2D eigenvalue weighted by molar-refractivity contribution is 0.0753. The highest BCUT2D eigenvalue weighted by Crippen LogP contribution is 2.38. The second kappa shape index (κ2) is 8.81. The van der Waals surface area contributed by atoms with E-state index in [9.17, 15) is 9.90 Å². The van der Waals surface area contributed by atoms with Crippen LogP contribution in [-0.4, -0.2) is 33.4 Å².